The number of ether oxygens (including phenoxy) is 1. The van der Waals surface area contributed by atoms with Crippen molar-refractivity contribution in [1.29, 1.82) is 0 Å². The van der Waals surface area contributed by atoms with E-state index in [9.17, 15) is 8.42 Å². The normalized spacial score (nSPS) is 18.1. The Morgan fingerprint density at radius 1 is 1.30 bits per heavy atom. The first-order chi connectivity index (χ1) is 9.58. The van der Waals surface area contributed by atoms with Crippen LogP contribution in [0.25, 0.3) is 0 Å². The van der Waals surface area contributed by atoms with E-state index in [1.807, 2.05) is 7.05 Å². The van der Waals surface area contributed by atoms with E-state index in [0.29, 0.717) is 16.6 Å². The lowest BCUT2D eigenvalue weighted by molar-refractivity contribution is 0.396. The topological polar surface area (TPSA) is 55.4 Å². The average molecular weight is 297 g/mol. The maximum Gasteiger partial charge on any atom is 0.183 e. The lowest BCUT2D eigenvalue weighted by Gasteiger charge is -2.23. The molecule has 0 bridgehead atoms. The zero-order chi connectivity index (χ0) is 14.6. The largest absolute Gasteiger partial charge is 0.495 e. The summed E-state index contributed by atoms with van der Waals surface area (Å²) in [5.74, 6) is 1.02. The molecule has 1 aromatic rings. The van der Waals surface area contributed by atoms with Crippen LogP contribution in [-0.4, -0.2) is 34.4 Å². The van der Waals surface area contributed by atoms with Gasteiger partial charge in [-0.1, -0.05) is 25.0 Å². The van der Waals surface area contributed by atoms with Gasteiger partial charge in [0.2, 0.25) is 0 Å². The molecule has 1 aliphatic carbocycles. The van der Waals surface area contributed by atoms with Gasteiger partial charge in [0.15, 0.2) is 9.84 Å². The molecule has 1 aliphatic rings. The van der Waals surface area contributed by atoms with Crippen LogP contribution in [0.4, 0.5) is 0 Å². The minimum atomic E-state index is -3.34. The Labute approximate surface area is 121 Å². The van der Waals surface area contributed by atoms with Gasteiger partial charge in [-0.25, -0.2) is 8.42 Å². The quantitative estimate of drug-likeness (QED) is 0.875. The molecular weight excluding hydrogens is 274 g/mol. The van der Waals surface area contributed by atoms with Gasteiger partial charge in [-0.3, -0.25) is 0 Å². The van der Waals surface area contributed by atoms with Crippen molar-refractivity contribution in [2.24, 2.45) is 5.92 Å². The lowest BCUT2D eigenvalue weighted by Crippen LogP contribution is -2.38. The Kier molecular flexibility index (Phi) is 5.05. The number of para-hydroxylation sites is 1. The molecule has 1 atom stereocenters. The van der Waals surface area contributed by atoms with Crippen molar-refractivity contribution in [3.63, 3.8) is 0 Å². The standard InChI is InChI=1S/C15H23NO3S/c1-16-13(12-7-3-4-8-12)11-20(17,18)15-10-6-5-9-14(15)19-2/h5-6,9-10,12-13,16H,3-4,7-8,11H2,1-2H3. The molecule has 0 amide bonds. The molecule has 1 unspecified atom stereocenters. The van der Waals surface area contributed by atoms with Gasteiger partial charge < -0.3 is 10.1 Å². The summed E-state index contributed by atoms with van der Waals surface area (Å²) in [4.78, 5) is 0.292. The molecule has 4 nitrogen and oxygen atoms in total. The van der Waals surface area contributed by atoms with Gasteiger partial charge in [0.25, 0.3) is 0 Å². The fourth-order valence-electron chi connectivity index (χ4n) is 3.02. The first kappa shape index (κ1) is 15.3. The third-order valence-electron chi connectivity index (χ3n) is 4.14. The number of sulfone groups is 1. The third-order valence-corrected chi connectivity index (χ3v) is 5.95. The molecule has 20 heavy (non-hydrogen) atoms. The zero-order valence-electron chi connectivity index (χ0n) is 12.1. The van der Waals surface area contributed by atoms with Crippen LogP contribution in [0.15, 0.2) is 29.2 Å². The Bertz CT molecular complexity index is 536. The van der Waals surface area contributed by atoms with E-state index < -0.39 is 9.84 Å². The first-order valence-corrected chi connectivity index (χ1v) is 8.76. The lowest BCUT2D eigenvalue weighted by atomic mass is 10.0. The van der Waals surface area contributed by atoms with Crippen molar-refractivity contribution in [1.82, 2.24) is 5.32 Å². The van der Waals surface area contributed by atoms with E-state index in [1.54, 1.807) is 24.3 Å². The van der Waals surface area contributed by atoms with Crippen LogP contribution in [0.5, 0.6) is 5.75 Å². The molecule has 1 saturated carbocycles. The van der Waals surface area contributed by atoms with Crippen LogP contribution < -0.4 is 10.1 Å². The molecule has 0 saturated heterocycles. The van der Waals surface area contributed by atoms with Crippen LogP contribution in [0, 0.1) is 5.92 Å². The monoisotopic (exact) mass is 297 g/mol. The van der Waals surface area contributed by atoms with Gasteiger partial charge in [0, 0.05) is 6.04 Å². The molecule has 112 valence electrons. The average Bonchev–Trinajstić information content (AvgIpc) is 2.98. The first-order valence-electron chi connectivity index (χ1n) is 7.11. The summed E-state index contributed by atoms with van der Waals surface area (Å²) >= 11 is 0. The van der Waals surface area contributed by atoms with Gasteiger partial charge in [-0.2, -0.15) is 0 Å². The molecule has 0 spiro atoms. The van der Waals surface area contributed by atoms with Gasteiger partial charge in [-0.05, 0) is 37.9 Å². The molecular formula is C15H23NO3S. The van der Waals surface area contributed by atoms with Gasteiger partial charge in [0.05, 0.1) is 12.9 Å². The van der Waals surface area contributed by atoms with Crippen LogP contribution in [0.1, 0.15) is 25.7 Å². The van der Waals surface area contributed by atoms with E-state index in [0.717, 1.165) is 12.8 Å². The summed E-state index contributed by atoms with van der Waals surface area (Å²) in [6, 6.07) is 6.85. The van der Waals surface area contributed by atoms with Crippen molar-refractivity contribution in [2.75, 3.05) is 19.9 Å². The summed E-state index contributed by atoms with van der Waals surface area (Å²) in [6.45, 7) is 0. The molecule has 1 N–H and O–H groups in total. The van der Waals surface area contributed by atoms with Crippen LogP contribution in [0.2, 0.25) is 0 Å². The SMILES string of the molecule is CNC(CS(=O)(=O)c1ccccc1OC)C1CCCC1. The van der Waals surface area contributed by atoms with Crippen molar-refractivity contribution in [2.45, 2.75) is 36.6 Å². The second kappa shape index (κ2) is 6.59. The number of rotatable bonds is 6. The Hall–Kier alpha value is -1.07. The molecule has 5 heteroatoms. The highest BCUT2D eigenvalue weighted by atomic mass is 32.2. The number of nitrogens with one attached hydrogen (secondary N) is 1. The molecule has 0 aliphatic heterocycles. The van der Waals surface area contributed by atoms with Crippen LogP contribution >= 0.6 is 0 Å². The highest BCUT2D eigenvalue weighted by Crippen LogP contribution is 2.30. The second-order valence-electron chi connectivity index (χ2n) is 5.37. The Balaban J connectivity index is 2.21. The van der Waals surface area contributed by atoms with E-state index >= 15 is 0 Å². The summed E-state index contributed by atoms with van der Waals surface area (Å²) in [7, 11) is 0.00954. The minimum absolute atomic E-state index is 0.0208. The fourth-order valence-corrected chi connectivity index (χ4v) is 4.85. The molecule has 2 rings (SSSR count). The number of hydrogen-bond acceptors (Lipinski definition) is 4. The molecule has 1 fully saturated rings. The summed E-state index contributed by atoms with van der Waals surface area (Å²) < 4.78 is 30.4. The van der Waals surface area contributed by atoms with E-state index in [-0.39, 0.29) is 11.8 Å². The van der Waals surface area contributed by atoms with Gasteiger partial charge >= 0.3 is 0 Å². The number of methoxy groups -OCH3 is 1. The minimum Gasteiger partial charge on any atom is -0.495 e. The molecule has 0 aromatic heterocycles. The smallest absolute Gasteiger partial charge is 0.183 e. The highest BCUT2D eigenvalue weighted by molar-refractivity contribution is 7.91. The molecule has 1 aromatic carbocycles. The van der Waals surface area contributed by atoms with E-state index in [4.69, 9.17) is 4.74 Å². The fraction of sp³-hybridized carbons (Fsp3) is 0.600. The maximum atomic E-state index is 12.6. The van der Waals surface area contributed by atoms with Gasteiger partial charge in [0.1, 0.15) is 10.6 Å². The van der Waals surface area contributed by atoms with E-state index in [1.165, 1.54) is 20.0 Å². The maximum absolute atomic E-state index is 12.6. The van der Waals surface area contributed by atoms with Crippen LogP contribution in [0.3, 0.4) is 0 Å². The predicted octanol–water partition coefficient (Wildman–Crippen LogP) is 2.25. The highest BCUT2D eigenvalue weighted by Gasteiger charge is 2.30. The summed E-state index contributed by atoms with van der Waals surface area (Å²) in [6.07, 6.45) is 4.65. The zero-order valence-corrected chi connectivity index (χ0v) is 12.9. The molecule has 0 radical (unpaired) electrons. The summed E-state index contributed by atoms with van der Waals surface area (Å²) in [5.41, 5.74) is 0. The molecule has 0 heterocycles. The van der Waals surface area contributed by atoms with E-state index in [2.05, 4.69) is 5.32 Å². The van der Waals surface area contributed by atoms with Crippen molar-refractivity contribution in [3.05, 3.63) is 24.3 Å². The Morgan fingerprint density at radius 3 is 2.55 bits per heavy atom. The number of hydrogen-bond donors (Lipinski definition) is 1. The third kappa shape index (κ3) is 3.33. The Morgan fingerprint density at radius 2 is 1.95 bits per heavy atom. The second-order valence-corrected chi connectivity index (χ2v) is 7.37. The van der Waals surface area contributed by atoms with Crippen LogP contribution in [-0.2, 0) is 9.84 Å². The predicted molar refractivity (Wildman–Crippen MR) is 79.9 cm³/mol. The van der Waals surface area contributed by atoms with Gasteiger partial charge in [-0.15, -0.1) is 0 Å². The van der Waals surface area contributed by atoms with Crippen molar-refractivity contribution >= 4 is 9.84 Å². The van der Waals surface area contributed by atoms with Crippen molar-refractivity contribution < 1.29 is 13.2 Å². The van der Waals surface area contributed by atoms with Crippen molar-refractivity contribution in [3.8, 4) is 5.75 Å². The summed E-state index contributed by atoms with van der Waals surface area (Å²) in [5, 5.41) is 3.19. The number of benzene rings is 1.